The molecule has 0 radical (unpaired) electrons. The normalized spacial score (nSPS) is 17.7. The van der Waals surface area contributed by atoms with Crippen molar-refractivity contribution < 1.29 is 0 Å². The van der Waals surface area contributed by atoms with Crippen molar-refractivity contribution in [1.82, 2.24) is 0 Å². The van der Waals surface area contributed by atoms with Crippen LogP contribution in [0.15, 0.2) is 36.0 Å². The maximum atomic E-state index is 2.31. The van der Waals surface area contributed by atoms with Crippen LogP contribution in [0.5, 0.6) is 0 Å². The van der Waals surface area contributed by atoms with Gasteiger partial charge < -0.3 is 0 Å². The summed E-state index contributed by atoms with van der Waals surface area (Å²) in [6.45, 7) is 4.56. The Morgan fingerprint density at radius 3 is 2.86 bits per heavy atom. The van der Waals surface area contributed by atoms with Crippen LogP contribution in [-0.2, 0) is 0 Å². The van der Waals surface area contributed by atoms with Gasteiger partial charge in [0, 0.05) is 0 Å². The first-order valence-corrected chi connectivity index (χ1v) is 5.91. The zero-order valence-electron chi connectivity index (χ0n) is 9.50. The van der Waals surface area contributed by atoms with E-state index in [1.54, 1.807) is 0 Å². The first kappa shape index (κ1) is 11.3. The summed E-state index contributed by atoms with van der Waals surface area (Å²) in [5.41, 5.74) is 1.52. The molecule has 0 amide bonds. The zero-order valence-corrected chi connectivity index (χ0v) is 9.50. The van der Waals surface area contributed by atoms with Gasteiger partial charge in [-0.1, -0.05) is 57.1 Å². The average molecular weight is 190 g/mol. The van der Waals surface area contributed by atoms with Crippen LogP contribution in [-0.4, -0.2) is 0 Å². The molecule has 1 aliphatic rings. The molecule has 1 atom stereocenters. The molecule has 0 saturated heterocycles. The molecule has 0 saturated carbocycles. The minimum atomic E-state index is 0.772. The molecule has 1 aliphatic carbocycles. The van der Waals surface area contributed by atoms with Crippen LogP contribution in [0.1, 0.15) is 46.0 Å². The summed E-state index contributed by atoms with van der Waals surface area (Å²) in [4.78, 5) is 0. The Hall–Kier alpha value is -0.780. The van der Waals surface area contributed by atoms with E-state index in [2.05, 4.69) is 44.2 Å². The van der Waals surface area contributed by atoms with Crippen LogP contribution >= 0.6 is 0 Å². The fraction of sp³-hybridized carbons (Fsp3) is 0.571. The predicted octanol–water partition coefficient (Wildman–Crippen LogP) is 4.65. The lowest BCUT2D eigenvalue weighted by atomic mass is 9.90. The lowest BCUT2D eigenvalue weighted by Gasteiger charge is -2.15. The van der Waals surface area contributed by atoms with Gasteiger partial charge >= 0.3 is 0 Å². The highest BCUT2D eigenvalue weighted by Crippen LogP contribution is 2.24. The lowest BCUT2D eigenvalue weighted by molar-refractivity contribution is 0.523. The summed E-state index contributed by atoms with van der Waals surface area (Å²) >= 11 is 0. The Labute approximate surface area is 88.4 Å². The average Bonchev–Trinajstić information content (AvgIpc) is 2.48. The van der Waals surface area contributed by atoms with E-state index in [0.717, 1.165) is 12.3 Å². The van der Waals surface area contributed by atoms with Crippen molar-refractivity contribution in [1.29, 1.82) is 0 Å². The Kier molecular flexibility index (Phi) is 5.36. The van der Waals surface area contributed by atoms with Crippen LogP contribution in [0.25, 0.3) is 0 Å². The standard InChI is InChI=1S/C14H22/c1-3-5-10-13(4-2)14-11-8-6-7-9-12-14/h6,8-9,11-13H,3-5,7,10H2,1-2H3. The second-order valence-electron chi connectivity index (χ2n) is 3.98. The third-order valence-electron chi connectivity index (χ3n) is 2.88. The van der Waals surface area contributed by atoms with Crippen molar-refractivity contribution in [2.24, 2.45) is 5.92 Å². The molecule has 0 aromatic rings. The SMILES string of the molecule is CCCCC(CC)C1=CC=CCC=C1. The second-order valence-corrected chi connectivity index (χ2v) is 3.98. The summed E-state index contributed by atoms with van der Waals surface area (Å²) in [5, 5.41) is 0. The number of hydrogen-bond donors (Lipinski definition) is 0. The maximum Gasteiger partial charge on any atom is -0.0163 e. The summed E-state index contributed by atoms with van der Waals surface area (Å²) in [6, 6.07) is 0. The van der Waals surface area contributed by atoms with E-state index in [4.69, 9.17) is 0 Å². The summed E-state index contributed by atoms with van der Waals surface area (Å²) in [6.07, 6.45) is 17.6. The van der Waals surface area contributed by atoms with E-state index in [9.17, 15) is 0 Å². The van der Waals surface area contributed by atoms with Crippen LogP contribution in [0.3, 0.4) is 0 Å². The molecule has 78 valence electrons. The molecule has 0 fully saturated rings. The zero-order chi connectivity index (χ0) is 10.2. The Bertz CT molecular complexity index is 230. The van der Waals surface area contributed by atoms with Crippen LogP contribution in [0, 0.1) is 5.92 Å². The molecular weight excluding hydrogens is 168 g/mol. The van der Waals surface area contributed by atoms with Gasteiger partial charge in [0.05, 0.1) is 0 Å². The maximum absolute atomic E-state index is 2.31. The minimum absolute atomic E-state index is 0.772. The van der Waals surface area contributed by atoms with Crippen LogP contribution in [0.2, 0.25) is 0 Å². The molecule has 1 unspecified atom stereocenters. The fourth-order valence-corrected chi connectivity index (χ4v) is 1.93. The highest BCUT2D eigenvalue weighted by atomic mass is 14.1. The summed E-state index contributed by atoms with van der Waals surface area (Å²) < 4.78 is 0. The van der Waals surface area contributed by atoms with Gasteiger partial charge in [-0.05, 0) is 30.8 Å². The van der Waals surface area contributed by atoms with Gasteiger partial charge in [0.1, 0.15) is 0 Å². The quantitative estimate of drug-likeness (QED) is 0.592. The Balaban J connectivity index is 2.58. The molecule has 0 heteroatoms. The van der Waals surface area contributed by atoms with E-state index < -0.39 is 0 Å². The van der Waals surface area contributed by atoms with E-state index in [-0.39, 0.29) is 0 Å². The molecule has 1 rings (SSSR count). The van der Waals surface area contributed by atoms with E-state index in [1.807, 2.05) is 0 Å². The lowest BCUT2D eigenvalue weighted by Crippen LogP contribution is -2.01. The van der Waals surface area contributed by atoms with E-state index in [0.29, 0.717) is 0 Å². The van der Waals surface area contributed by atoms with Crippen molar-refractivity contribution in [3.8, 4) is 0 Å². The van der Waals surface area contributed by atoms with Crippen molar-refractivity contribution >= 4 is 0 Å². The molecule has 0 heterocycles. The molecule has 0 spiro atoms. The second kappa shape index (κ2) is 6.64. The molecule has 0 N–H and O–H groups in total. The summed E-state index contributed by atoms with van der Waals surface area (Å²) in [7, 11) is 0. The van der Waals surface area contributed by atoms with Gasteiger partial charge in [-0.3, -0.25) is 0 Å². The van der Waals surface area contributed by atoms with Crippen molar-refractivity contribution in [2.75, 3.05) is 0 Å². The molecule has 0 bridgehead atoms. The van der Waals surface area contributed by atoms with Gasteiger partial charge in [-0.2, -0.15) is 0 Å². The van der Waals surface area contributed by atoms with Crippen LogP contribution in [0.4, 0.5) is 0 Å². The molecule has 14 heavy (non-hydrogen) atoms. The molecular formula is C14H22. The van der Waals surface area contributed by atoms with E-state index in [1.165, 1.54) is 31.3 Å². The fourth-order valence-electron chi connectivity index (χ4n) is 1.93. The predicted molar refractivity (Wildman–Crippen MR) is 64.3 cm³/mol. The number of unbranched alkanes of at least 4 members (excludes halogenated alkanes) is 1. The first-order valence-electron chi connectivity index (χ1n) is 5.91. The number of rotatable bonds is 5. The topological polar surface area (TPSA) is 0 Å². The first-order chi connectivity index (χ1) is 6.88. The van der Waals surface area contributed by atoms with Crippen molar-refractivity contribution in [3.05, 3.63) is 36.0 Å². The van der Waals surface area contributed by atoms with Gasteiger partial charge in [0.15, 0.2) is 0 Å². The smallest absolute Gasteiger partial charge is 0.0163 e. The van der Waals surface area contributed by atoms with Crippen molar-refractivity contribution in [3.63, 3.8) is 0 Å². The highest BCUT2D eigenvalue weighted by Gasteiger charge is 2.09. The van der Waals surface area contributed by atoms with Crippen molar-refractivity contribution in [2.45, 2.75) is 46.0 Å². The molecule has 0 aromatic carbocycles. The molecule has 0 nitrogen and oxygen atoms in total. The number of hydrogen-bond acceptors (Lipinski definition) is 0. The minimum Gasteiger partial charge on any atom is -0.0807 e. The largest absolute Gasteiger partial charge is 0.0807 e. The third-order valence-corrected chi connectivity index (χ3v) is 2.88. The van der Waals surface area contributed by atoms with E-state index >= 15 is 0 Å². The van der Waals surface area contributed by atoms with Gasteiger partial charge in [-0.15, -0.1) is 0 Å². The third kappa shape index (κ3) is 3.53. The van der Waals surface area contributed by atoms with Crippen LogP contribution < -0.4 is 0 Å². The van der Waals surface area contributed by atoms with Gasteiger partial charge in [0.25, 0.3) is 0 Å². The number of allylic oxidation sites excluding steroid dienone is 6. The monoisotopic (exact) mass is 190 g/mol. The van der Waals surface area contributed by atoms with Gasteiger partial charge in [-0.25, -0.2) is 0 Å². The Morgan fingerprint density at radius 2 is 2.14 bits per heavy atom. The summed E-state index contributed by atoms with van der Waals surface area (Å²) in [5.74, 6) is 0.772. The highest BCUT2D eigenvalue weighted by molar-refractivity contribution is 5.29. The molecule has 0 aromatic heterocycles. The molecule has 0 aliphatic heterocycles. The Morgan fingerprint density at radius 1 is 1.29 bits per heavy atom. The van der Waals surface area contributed by atoms with Gasteiger partial charge in [0.2, 0.25) is 0 Å².